The second-order valence-electron chi connectivity index (χ2n) is 6.23. The first kappa shape index (κ1) is 19.2. The zero-order valence-corrected chi connectivity index (χ0v) is 15.5. The third-order valence-corrected chi connectivity index (χ3v) is 3.99. The van der Waals surface area contributed by atoms with Gasteiger partial charge in [-0.3, -0.25) is 9.20 Å². The van der Waals surface area contributed by atoms with Gasteiger partial charge in [-0.1, -0.05) is 25.1 Å². The minimum Gasteiger partial charge on any atom is -0.355 e. The van der Waals surface area contributed by atoms with Crippen LogP contribution >= 0.6 is 0 Å². The van der Waals surface area contributed by atoms with Gasteiger partial charge in [0.25, 0.3) is 0 Å². The van der Waals surface area contributed by atoms with Crippen LogP contribution in [0.4, 0.5) is 10.5 Å². The summed E-state index contributed by atoms with van der Waals surface area (Å²) >= 11 is 0. The molecule has 0 bridgehead atoms. The molecule has 28 heavy (non-hydrogen) atoms. The zero-order chi connectivity index (χ0) is 19.9. The first-order valence-electron chi connectivity index (χ1n) is 9.01. The van der Waals surface area contributed by atoms with E-state index in [4.69, 9.17) is 0 Å². The van der Waals surface area contributed by atoms with Crippen molar-refractivity contribution in [2.75, 3.05) is 18.4 Å². The van der Waals surface area contributed by atoms with Crippen molar-refractivity contribution in [3.8, 4) is 0 Å². The predicted molar refractivity (Wildman–Crippen MR) is 105 cm³/mol. The van der Waals surface area contributed by atoms with Gasteiger partial charge >= 0.3 is 11.7 Å². The maximum atomic E-state index is 12.4. The van der Waals surface area contributed by atoms with E-state index in [1.54, 1.807) is 36.5 Å². The molecule has 0 unspecified atom stereocenters. The molecule has 0 saturated heterocycles. The summed E-state index contributed by atoms with van der Waals surface area (Å²) in [5.74, 6) is -0.239. The number of nitrogens with zero attached hydrogens (tertiary/aromatic N) is 3. The largest absolute Gasteiger partial charge is 0.355 e. The Labute approximate surface area is 161 Å². The highest BCUT2D eigenvalue weighted by Crippen LogP contribution is 2.11. The molecule has 3 rings (SSSR count). The lowest BCUT2D eigenvalue weighted by atomic mass is 10.2. The highest BCUT2D eigenvalue weighted by atomic mass is 16.2. The number of fused-ring (bicyclic) bond motifs is 1. The van der Waals surface area contributed by atoms with E-state index in [2.05, 4.69) is 21.0 Å². The van der Waals surface area contributed by atoms with Crippen LogP contribution in [-0.4, -0.2) is 39.2 Å². The van der Waals surface area contributed by atoms with Crippen molar-refractivity contribution in [3.05, 3.63) is 64.7 Å². The van der Waals surface area contributed by atoms with E-state index >= 15 is 0 Å². The van der Waals surface area contributed by atoms with Crippen molar-refractivity contribution in [3.63, 3.8) is 0 Å². The number of carbonyl (C=O) groups is 2. The molecule has 0 aliphatic carbocycles. The highest BCUT2D eigenvalue weighted by Gasteiger charge is 2.08. The SMILES string of the molecule is CCCNC(=O)CNC(=O)Nc1cccc(Cn2nc3ccccn3c2=O)c1. The summed E-state index contributed by atoms with van der Waals surface area (Å²) in [6, 6.07) is 12.0. The molecule has 3 N–H and O–H groups in total. The Hall–Kier alpha value is -3.62. The molecule has 2 heterocycles. The van der Waals surface area contributed by atoms with Crippen LogP contribution in [0.15, 0.2) is 53.5 Å². The van der Waals surface area contributed by atoms with Crippen LogP contribution in [0.5, 0.6) is 0 Å². The summed E-state index contributed by atoms with van der Waals surface area (Å²) in [4.78, 5) is 35.9. The number of carbonyl (C=O) groups excluding carboxylic acids is 2. The van der Waals surface area contributed by atoms with Crippen molar-refractivity contribution in [1.29, 1.82) is 0 Å². The molecule has 0 radical (unpaired) electrons. The van der Waals surface area contributed by atoms with Crippen LogP contribution in [0.3, 0.4) is 0 Å². The molecule has 1 aromatic carbocycles. The normalized spacial score (nSPS) is 10.6. The molecule has 0 saturated carbocycles. The van der Waals surface area contributed by atoms with Crippen molar-refractivity contribution >= 4 is 23.3 Å². The van der Waals surface area contributed by atoms with Gasteiger partial charge < -0.3 is 16.0 Å². The Morgan fingerprint density at radius 1 is 1.11 bits per heavy atom. The van der Waals surface area contributed by atoms with E-state index in [0.29, 0.717) is 17.9 Å². The number of pyridine rings is 1. The minimum absolute atomic E-state index is 0.0951. The van der Waals surface area contributed by atoms with Gasteiger partial charge in [0.15, 0.2) is 5.65 Å². The van der Waals surface area contributed by atoms with E-state index < -0.39 is 6.03 Å². The number of nitrogens with one attached hydrogen (secondary N) is 3. The summed E-state index contributed by atoms with van der Waals surface area (Å²) in [7, 11) is 0. The van der Waals surface area contributed by atoms with E-state index in [0.717, 1.165) is 12.0 Å². The summed E-state index contributed by atoms with van der Waals surface area (Å²) in [5, 5.41) is 12.2. The molecule has 0 spiro atoms. The number of amides is 3. The van der Waals surface area contributed by atoms with E-state index in [-0.39, 0.29) is 24.7 Å². The lowest BCUT2D eigenvalue weighted by Crippen LogP contribution is -2.39. The summed E-state index contributed by atoms with van der Waals surface area (Å²) in [6.07, 6.45) is 2.50. The summed E-state index contributed by atoms with van der Waals surface area (Å²) in [6.45, 7) is 2.71. The fourth-order valence-electron chi connectivity index (χ4n) is 2.65. The fraction of sp³-hybridized carbons (Fsp3) is 0.263. The molecule has 0 atom stereocenters. The zero-order valence-electron chi connectivity index (χ0n) is 15.5. The molecule has 9 nitrogen and oxygen atoms in total. The number of hydrogen-bond acceptors (Lipinski definition) is 4. The molecular weight excluding hydrogens is 360 g/mol. The van der Waals surface area contributed by atoms with Crippen LogP contribution in [0.25, 0.3) is 5.65 Å². The van der Waals surface area contributed by atoms with Gasteiger partial charge in [-0.2, -0.15) is 0 Å². The smallest absolute Gasteiger partial charge is 0.350 e. The number of anilines is 1. The molecule has 146 valence electrons. The maximum Gasteiger partial charge on any atom is 0.350 e. The van der Waals surface area contributed by atoms with Crippen LogP contribution < -0.4 is 21.6 Å². The van der Waals surface area contributed by atoms with Crippen molar-refractivity contribution < 1.29 is 9.59 Å². The average Bonchev–Trinajstić information content (AvgIpc) is 3.01. The van der Waals surface area contributed by atoms with E-state index in [1.807, 2.05) is 19.1 Å². The molecule has 0 aliphatic rings. The number of hydrogen-bond donors (Lipinski definition) is 3. The van der Waals surface area contributed by atoms with Crippen LogP contribution in [0.2, 0.25) is 0 Å². The quantitative estimate of drug-likeness (QED) is 0.570. The van der Waals surface area contributed by atoms with Gasteiger partial charge in [0, 0.05) is 18.4 Å². The van der Waals surface area contributed by atoms with Gasteiger partial charge in [0.05, 0.1) is 13.1 Å². The first-order chi connectivity index (χ1) is 13.6. The average molecular weight is 382 g/mol. The number of urea groups is 1. The van der Waals surface area contributed by atoms with Crippen molar-refractivity contribution in [2.24, 2.45) is 0 Å². The fourth-order valence-corrected chi connectivity index (χ4v) is 2.65. The first-order valence-corrected chi connectivity index (χ1v) is 9.01. The predicted octanol–water partition coefficient (Wildman–Crippen LogP) is 1.19. The lowest BCUT2D eigenvalue weighted by molar-refractivity contribution is -0.120. The monoisotopic (exact) mass is 382 g/mol. The number of benzene rings is 1. The Bertz CT molecular complexity index is 1040. The van der Waals surface area contributed by atoms with Gasteiger partial charge in [0.2, 0.25) is 5.91 Å². The standard InChI is InChI=1S/C19H22N6O3/c1-2-9-20-17(26)12-21-18(27)22-15-7-5-6-14(11-15)13-25-19(28)24-10-4-3-8-16(24)23-25/h3-8,10-11H,2,9,12-13H2,1H3,(H,20,26)(H2,21,22,27). The Morgan fingerprint density at radius 3 is 2.75 bits per heavy atom. The summed E-state index contributed by atoms with van der Waals surface area (Å²) in [5.41, 5.74) is 1.71. The van der Waals surface area contributed by atoms with Crippen LogP contribution in [0, 0.1) is 0 Å². The van der Waals surface area contributed by atoms with Crippen molar-refractivity contribution in [1.82, 2.24) is 24.8 Å². The Balaban J connectivity index is 1.62. The summed E-state index contributed by atoms with van der Waals surface area (Å²) < 4.78 is 2.84. The number of aromatic nitrogens is 3. The molecule has 9 heteroatoms. The maximum absolute atomic E-state index is 12.4. The van der Waals surface area contributed by atoms with Crippen LogP contribution in [-0.2, 0) is 11.3 Å². The molecule has 3 aromatic rings. The second kappa shape index (κ2) is 8.85. The van der Waals surface area contributed by atoms with Crippen molar-refractivity contribution in [2.45, 2.75) is 19.9 Å². The molecule has 3 amide bonds. The van der Waals surface area contributed by atoms with Gasteiger partial charge in [0.1, 0.15) is 0 Å². The third kappa shape index (κ3) is 4.76. The highest BCUT2D eigenvalue weighted by molar-refractivity contribution is 5.92. The lowest BCUT2D eigenvalue weighted by Gasteiger charge is -2.09. The van der Waals surface area contributed by atoms with E-state index in [1.165, 1.54) is 9.08 Å². The molecule has 0 fully saturated rings. The molecule has 2 aromatic heterocycles. The Kier molecular flexibility index (Phi) is 6.05. The van der Waals surface area contributed by atoms with Gasteiger partial charge in [-0.15, -0.1) is 5.10 Å². The van der Waals surface area contributed by atoms with Gasteiger partial charge in [-0.05, 0) is 36.2 Å². The van der Waals surface area contributed by atoms with Gasteiger partial charge in [-0.25, -0.2) is 14.3 Å². The molecular formula is C19H22N6O3. The third-order valence-electron chi connectivity index (χ3n) is 3.99. The Morgan fingerprint density at radius 2 is 1.96 bits per heavy atom. The number of rotatable bonds is 7. The van der Waals surface area contributed by atoms with E-state index in [9.17, 15) is 14.4 Å². The molecule has 0 aliphatic heterocycles. The second-order valence-corrected chi connectivity index (χ2v) is 6.23. The minimum atomic E-state index is -0.478. The van der Waals surface area contributed by atoms with Crippen LogP contribution in [0.1, 0.15) is 18.9 Å². The topological polar surface area (TPSA) is 110 Å².